The molecule has 1 heterocycles. The normalized spacial score (nSPS) is 15.5. The van der Waals surface area contributed by atoms with Gasteiger partial charge in [-0.3, -0.25) is 0 Å². The van der Waals surface area contributed by atoms with Gasteiger partial charge in [0.15, 0.2) is 0 Å². The fourth-order valence-corrected chi connectivity index (χ4v) is 3.05. The third kappa shape index (κ3) is 1.64. The summed E-state index contributed by atoms with van der Waals surface area (Å²) in [6.07, 6.45) is 3.81. The van der Waals surface area contributed by atoms with Crippen molar-refractivity contribution in [1.82, 2.24) is 4.57 Å². The maximum Gasteiger partial charge on any atom is 0.217 e. The highest BCUT2D eigenvalue weighted by Gasteiger charge is 2.15. The molecule has 0 radical (unpaired) electrons. The van der Waals surface area contributed by atoms with Crippen molar-refractivity contribution >= 4 is 32.6 Å². The minimum atomic E-state index is -2.14. The van der Waals surface area contributed by atoms with Crippen LogP contribution in [0.15, 0.2) is 11.2 Å². The average Bonchev–Trinajstić information content (AvgIpc) is 2.55. The van der Waals surface area contributed by atoms with Gasteiger partial charge in [0.1, 0.15) is 0 Å². The number of thiazole rings is 1. The van der Waals surface area contributed by atoms with Gasteiger partial charge in [-0.1, -0.05) is 11.3 Å². The molecule has 2 N–H and O–H groups in total. The van der Waals surface area contributed by atoms with Crippen LogP contribution in [0.1, 0.15) is 10.6 Å². The standard InChI is InChI=1S/C8H9N3O2S2/c1-11-6-3-2-5(15(12)13)4-7(6)14-8(11)10-9/h2-3H,4,9H2,1H3. The van der Waals surface area contributed by atoms with E-state index in [0.29, 0.717) is 16.1 Å². The Morgan fingerprint density at radius 1 is 1.53 bits per heavy atom. The Morgan fingerprint density at radius 3 is 2.87 bits per heavy atom. The maximum atomic E-state index is 10.8. The van der Waals surface area contributed by atoms with E-state index in [1.807, 2.05) is 11.6 Å². The van der Waals surface area contributed by atoms with Gasteiger partial charge in [-0.2, -0.15) is 13.5 Å². The van der Waals surface area contributed by atoms with Gasteiger partial charge >= 0.3 is 0 Å². The van der Waals surface area contributed by atoms with Gasteiger partial charge in [-0.05, 0) is 12.2 Å². The highest BCUT2D eigenvalue weighted by molar-refractivity contribution is 7.73. The zero-order valence-electron chi connectivity index (χ0n) is 7.97. The molecule has 0 aromatic carbocycles. The average molecular weight is 243 g/mol. The molecule has 0 atom stereocenters. The van der Waals surface area contributed by atoms with Crippen molar-refractivity contribution in [1.29, 1.82) is 0 Å². The van der Waals surface area contributed by atoms with E-state index in [4.69, 9.17) is 5.84 Å². The summed E-state index contributed by atoms with van der Waals surface area (Å²) in [5, 5.41) is 3.63. The number of rotatable bonds is 0. The molecule has 0 saturated carbocycles. The molecule has 0 spiro atoms. The van der Waals surface area contributed by atoms with Crippen LogP contribution in [0.4, 0.5) is 0 Å². The molecule has 15 heavy (non-hydrogen) atoms. The zero-order valence-corrected chi connectivity index (χ0v) is 9.60. The van der Waals surface area contributed by atoms with Gasteiger partial charge in [0, 0.05) is 18.3 Å². The fourth-order valence-electron chi connectivity index (χ4n) is 1.47. The molecule has 1 aromatic heterocycles. The summed E-state index contributed by atoms with van der Waals surface area (Å²) in [6.45, 7) is 0. The topological polar surface area (TPSA) is 77.5 Å². The highest BCUT2D eigenvalue weighted by Crippen LogP contribution is 2.19. The number of nitrogens with two attached hydrogens (primary N) is 1. The predicted molar refractivity (Wildman–Crippen MR) is 59.7 cm³/mol. The van der Waals surface area contributed by atoms with Crippen LogP contribution in [-0.2, 0) is 23.8 Å². The zero-order chi connectivity index (χ0) is 11.0. The minimum absolute atomic E-state index is 0.396. The summed E-state index contributed by atoms with van der Waals surface area (Å²) in [4.78, 5) is 2.05. The third-order valence-electron chi connectivity index (χ3n) is 2.23. The third-order valence-corrected chi connectivity index (χ3v) is 4.11. The molecular weight excluding hydrogens is 234 g/mol. The van der Waals surface area contributed by atoms with E-state index in [-0.39, 0.29) is 0 Å². The Kier molecular flexibility index (Phi) is 2.49. The van der Waals surface area contributed by atoms with Crippen molar-refractivity contribution in [3.63, 3.8) is 0 Å². The largest absolute Gasteiger partial charge is 0.320 e. The summed E-state index contributed by atoms with van der Waals surface area (Å²) in [6, 6.07) is 0. The van der Waals surface area contributed by atoms with Crippen LogP contribution in [0.3, 0.4) is 0 Å². The van der Waals surface area contributed by atoms with Crippen molar-refractivity contribution in [3.05, 3.63) is 21.4 Å². The second-order valence-corrected chi connectivity index (χ2v) is 5.15. The lowest BCUT2D eigenvalue weighted by atomic mass is 10.1. The number of hydrogen-bond donors (Lipinski definition) is 1. The number of nitrogens with zero attached hydrogens (tertiary/aromatic N) is 2. The number of allylic oxidation sites excluding steroid dienone is 1. The van der Waals surface area contributed by atoms with Crippen LogP contribution < -0.4 is 10.6 Å². The van der Waals surface area contributed by atoms with E-state index in [9.17, 15) is 8.42 Å². The van der Waals surface area contributed by atoms with E-state index in [2.05, 4.69) is 5.10 Å². The Hall–Kier alpha value is -1.34. The minimum Gasteiger partial charge on any atom is -0.320 e. The second-order valence-electron chi connectivity index (χ2n) is 3.09. The van der Waals surface area contributed by atoms with Gasteiger partial charge in [-0.15, -0.1) is 0 Å². The molecule has 0 amide bonds. The Morgan fingerprint density at radius 2 is 2.27 bits per heavy atom. The van der Waals surface area contributed by atoms with Crippen LogP contribution >= 0.6 is 11.3 Å². The van der Waals surface area contributed by atoms with Gasteiger partial charge in [0.05, 0.1) is 10.6 Å². The molecule has 1 aromatic rings. The van der Waals surface area contributed by atoms with Crippen LogP contribution in [0.25, 0.3) is 6.08 Å². The van der Waals surface area contributed by atoms with Gasteiger partial charge in [0.2, 0.25) is 15.1 Å². The first kappa shape index (κ1) is 10.2. The Balaban J connectivity index is 2.67. The van der Waals surface area contributed by atoms with Crippen LogP contribution in [-0.4, -0.2) is 17.8 Å². The summed E-state index contributed by atoms with van der Waals surface area (Å²) < 4.78 is 23.4. The first-order chi connectivity index (χ1) is 7.13. The first-order valence-corrected chi connectivity index (χ1v) is 6.08. The quantitative estimate of drug-likeness (QED) is 0.378. The monoisotopic (exact) mass is 243 g/mol. The summed E-state index contributed by atoms with van der Waals surface area (Å²) in [7, 11) is -0.291. The Bertz CT molecular complexity index is 623. The SMILES string of the molecule is Cn1c2c(sc1=NN)CC(=S(=O)=O)C=C2. The molecule has 0 unspecified atom stereocenters. The van der Waals surface area contributed by atoms with E-state index >= 15 is 0 Å². The molecule has 1 aliphatic rings. The number of aromatic nitrogens is 1. The van der Waals surface area contributed by atoms with Crippen molar-refractivity contribution < 1.29 is 8.42 Å². The smallest absolute Gasteiger partial charge is 0.217 e. The summed E-state index contributed by atoms with van der Waals surface area (Å²) in [5.41, 5.74) is 0.971. The molecule has 0 fully saturated rings. The van der Waals surface area contributed by atoms with Gasteiger partial charge in [0.25, 0.3) is 0 Å². The van der Waals surface area contributed by atoms with Gasteiger partial charge in [-0.25, -0.2) is 0 Å². The van der Waals surface area contributed by atoms with E-state index in [1.54, 1.807) is 12.2 Å². The number of fused-ring (bicyclic) bond motifs is 1. The lowest BCUT2D eigenvalue weighted by Gasteiger charge is -2.05. The summed E-state index contributed by atoms with van der Waals surface area (Å²) >= 11 is 1.41. The lowest BCUT2D eigenvalue weighted by molar-refractivity contribution is 0.627. The van der Waals surface area contributed by atoms with E-state index < -0.39 is 10.3 Å². The van der Waals surface area contributed by atoms with Crippen LogP contribution in [0.2, 0.25) is 0 Å². The van der Waals surface area contributed by atoms with Crippen molar-refractivity contribution in [2.24, 2.45) is 18.0 Å². The van der Waals surface area contributed by atoms with Crippen LogP contribution in [0.5, 0.6) is 0 Å². The fraction of sp³-hybridized carbons (Fsp3) is 0.250. The molecule has 5 nitrogen and oxygen atoms in total. The van der Waals surface area contributed by atoms with Crippen LogP contribution in [0, 0.1) is 0 Å². The second kappa shape index (κ2) is 3.67. The molecule has 1 aliphatic carbocycles. The van der Waals surface area contributed by atoms with E-state index in [1.165, 1.54) is 11.3 Å². The first-order valence-electron chi connectivity index (χ1n) is 4.19. The predicted octanol–water partition coefficient (Wildman–Crippen LogP) is -0.518. The molecule has 2 rings (SSSR count). The van der Waals surface area contributed by atoms with Crippen molar-refractivity contribution in [3.8, 4) is 0 Å². The molecule has 0 bridgehead atoms. The molecular formula is C8H9N3O2S2. The maximum absolute atomic E-state index is 10.8. The summed E-state index contributed by atoms with van der Waals surface area (Å²) in [5.74, 6) is 5.22. The van der Waals surface area contributed by atoms with Gasteiger partial charge < -0.3 is 10.4 Å². The van der Waals surface area contributed by atoms with Crippen molar-refractivity contribution in [2.45, 2.75) is 6.42 Å². The van der Waals surface area contributed by atoms with E-state index in [0.717, 1.165) is 10.6 Å². The highest BCUT2D eigenvalue weighted by atomic mass is 32.2. The molecule has 7 heteroatoms. The Labute approximate surface area is 91.7 Å². The molecule has 0 saturated heterocycles. The molecule has 0 aliphatic heterocycles. The lowest BCUT2D eigenvalue weighted by Crippen LogP contribution is -2.14. The molecule has 80 valence electrons. The number of hydrogen-bond acceptors (Lipinski definition) is 5. The van der Waals surface area contributed by atoms with Crippen molar-refractivity contribution in [2.75, 3.05) is 0 Å².